The van der Waals surface area contributed by atoms with E-state index in [1.807, 2.05) is 6.92 Å². The van der Waals surface area contributed by atoms with Crippen molar-refractivity contribution in [2.75, 3.05) is 6.61 Å². The Kier molecular flexibility index (Phi) is 3.57. The van der Waals surface area contributed by atoms with Gasteiger partial charge in [-0.05, 0) is 37.0 Å². The minimum atomic E-state index is -0.616. The molecule has 1 aliphatic heterocycles. The molecule has 0 spiro atoms. The van der Waals surface area contributed by atoms with E-state index in [-0.39, 0.29) is 18.6 Å². The number of ether oxygens (including phenoxy) is 1. The first-order valence-corrected chi connectivity index (χ1v) is 6.54. The molecule has 0 amide bonds. The number of hydrogen-bond donors (Lipinski definition) is 2. The van der Waals surface area contributed by atoms with Crippen LogP contribution >= 0.6 is 0 Å². The highest BCUT2D eigenvalue weighted by molar-refractivity contribution is 4.96. The largest absolute Gasteiger partial charge is 0.396 e. The van der Waals surface area contributed by atoms with Gasteiger partial charge in [-0.2, -0.15) is 0 Å². The quantitative estimate of drug-likeness (QED) is 0.755. The van der Waals surface area contributed by atoms with E-state index in [9.17, 15) is 10.2 Å². The fourth-order valence-electron chi connectivity index (χ4n) is 4.16. The van der Waals surface area contributed by atoms with E-state index in [0.29, 0.717) is 23.7 Å². The fraction of sp³-hybridized carbons (Fsp3) is 1.00. The second-order valence-electron chi connectivity index (χ2n) is 5.60. The molecular weight excluding hydrogens is 204 g/mol. The average Bonchev–Trinajstić information content (AvgIpc) is 2.52. The lowest BCUT2D eigenvalue weighted by Gasteiger charge is -2.43. The van der Waals surface area contributed by atoms with E-state index >= 15 is 0 Å². The maximum atomic E-state index is 9.88. The topological polar surface area (TPSA) is 49.7 Å². The second kappa shape index (κ2) is 4.63. The molecule has 0 bridgehead atoms. The zero-order valence-electron chi connectivity index (χ0n) is 10.5. The van der Waals surface area contributed by atoms with Gasteiger partial charge in [-0.25, -0.2) is 0 Å². The summed E-state index contributed by atoms with van der Waals surface area (Å²) in [5.74, 6) is 2.01. The molecule has 3 nitrogen and oxygen atoms in total. The Morgan fingerprint density at radius 1 is 1.25 bits per heavy atom. The molecule has 0 aromatic heterocycles. The Hall–Kier alpha value is -0.120. The summed E-state index contributed by atoms with van der Waals surface area (Å²) >= 11 is 0. The molecule has 16 heavy (non-hydrogen) atoms. The molecule has 1 heterocycles. The smallest absolute Gasteiger partial charge is 0.158 e. The molecule has 3 heteroatoms. The third kappa shape index (κ3) is 1.79. The lowest BCUT2D eigenvalue weighted by molar-refractivity contribution is -0.107. The number of rotatable bonds is 2. The van der Waals surface area contributed by atoms with E-state index in [4.69, 9.17) is 4.74 Å². The number of hydrogen-bond acceptors (Lipinski definition) is 3. The van der Waals surface area contributed by atoms with Crippen molar-refractivity contribution in [3.05, 3.63) is 0 Å². The van der Waals surface area contributed by atoms with Crippen LogP contribution in [0.4, 0.5) is 0 Å². The zero-order valence-corrected chi connectivity index (χ0v) is 10.5. The highest BCUT2D eigenvalue weighted by Crippen LogP contribution is 2.50. The summed E-state index contributed by atoms with van der Waals surface area (Å²) in [6.07, 6.45) is 1.61. The molecule has 1 unspecified atom stereocenters. The predicted molar refractivity (Wildman–Crippen MR) is 61.7 cm³/mol. The van der Waals surface area contributed by atoms with Gasteiger partial charge in [0.15, 0.2) is 6.29 Å². The fourth-order valence-corrected chi connectivity index (χ4v) is 4.16. The Bertz CT molecular complexity index is 243. The first-order valence-electron chi connectivity index (χ1n) is 6.54. The van der Waals surface area contributed by atoms with Crippen LogP contribution in [0.1, 0.15) is 33.6 Å². The summed E-state index contributed by atoms with van der Waals surface area (Å²) < 4.78 is 5.53. The van der Waals surface area contributed by atoms with Gasteiger partial charge in [0.05, 0.1) is 6.10 Å². The molecule has 0 aromatic rings. The van der Waals surface area contributed by atoms with Gasteiger partial charge < -0.3 is 14.9 Å². The lowest BCUT2D eigenvalue weighted by Crippen LogP contribution is -2.43. The van der Waals surface area contributed by atoms with Gasteiger partial charge in [-0.3, -0.25) is 0 Å². The molecule has 94 valence electrons. The minimum Gasteiger partial charge on any atom is -0.396 e. The molecule has 2 aliphatic rings. The van der Waals surface area contributed by atoms with Crippen molar-refractivity contribution >= 4 is 0 Å². The van der Waals surface area contributed by atoms with Crippen LogP contribution in [0.15, 0.2) is 0 Å². The average molecular weight is 228 g/mol. The van der Waals surface area contributed by atoms with E-state index in [2.05, 4.69) is 13.8 Å². The SMILES string of the molecule is CC[C@H]1[C@H](CO)[C@@H]2[C@@H](C)OC(O)[C@@H]2C[C@@H]1C. The van der Waals surface area contributed by atoms with E-state index in [0.717, 1.165) is 12.8 Å². The van der Waals surface area contributed by atoms with Crippen molar-refractivity contribution in [1.29, 1.82) is 0 Å². The summed E-state index contributed by atoms with van der Waals surface area (Å²) in [6, 6.07) is 0. The Morgan fingerprint density at radius 3 is 2.50 bits per heavy atom. The van der Waals surface area contributed by atoms with Crippen molar-refractivity contribution < 1.29 is 14.9 Å². The molecule has 1 aliphatic carbocycles. The van der Waals surface area contributed by atoms with Gasteiger partial charge in [0.2, 0.25) is 0 Å². The first kappa shape index (κ1) is 12.3. The van der Waals surface area contributed by atoms with Crippen molar-refractivity contribution in [1.82, 2.24) is 0 Å². The van der Waals surface area contributed by atoms with E-state index in [1.54, 1.807) is 0 Å². The monoisotopic (exact) mass is 228 g/mol. The summed E-state index contributed by atoms with van der Waals surface area (Å²) in [5.41, 5.74) is 0. The predicted octanol–water partition coefficient (Wildman–Crippen LogP) is 1.63. The molecule has 2 N–H and O–H groups in total. The van der Waals surface area contributed by atoms with Crippen LogP contribution in [0, 0.1) is 29.6 Å². The van der Waals surface area contributed by atoms with Crippen molar-refractivity contribution in [2.24, 2.45) is 29.6 Å². The second-order valence-corrected chi connectivity index (χ2v) is 5.60. The number of fused-ring (bicyclic) bond motifs is 1. The van der Waals surface area contributed by atoms with Gasteiger partial charge in [0, 0.05) is 12.5 Å². The lowest BCUT2D eigenvalue weighted by atomic mass is 9.61. The van der Waals surface area contributed by atoms with E-state index < -0.39 is 6.29 Å². The molecule has 1 saturated carbocycles. The third-order valence-electron chi connectivity index (χ3n) is 4.86. The molecule has 0 aromatic carbocycles. The molecule has 2 fully saturated rings. The number of aliphatic hydroxyl groups excluding tert-OH is 2. The molecular formula is C13H24O3. The normalized spacial score (nSPS) is 52.7. The van der Waals surface area contributed by atoms with Gasteiger partial charge in [0.1, 0.15) is 0 Å². The maximum absolute atomic E-state index is 9.88. The van der Waals surface area contributed by atoms with Crippen LogP contribution in [-0.2, 0) is 4.74 Å². The standard InChI is InChI=1S/C13H24O3/c1-4-9-7(2)5-10-12(11(9)6-14)8(3)16-13(10)15/h7-15H,4-6H2,1-3H3/t7-,8+,9+,10+,11-,12+,13?/m0/s1. The van der Waals surface area contributed by atoms with E-state index in [1.165, 1.54) is 0 Å². The summed E-state index contributed by atoms with van der Waals surface area (Å²) in [5, 5.41) is 19.5. The van der Waals surface area contributed by atoms with Crippen LogP contribution < -0.4 is 0 Å². The van der Waals surface area contributed by atoms with Gasteiger partial charge in [0.25, 0.3) is 0 Å². The molecule has 7 atom stereocenters. The van der Waals surface area contributed by atoms with Crippen LogP contribution in [0.25, 0.3) is 0 Å². The number of aliphatic hydroxyl groups is 2. The summed E-state index contributed by atoms with van der Waals surface area (Å²) in [6.45, 7) is 6.69. The first-order chi connectivity index (χ1) is 7.60. The van der Waals surface area contributed by atoms with Crippen molar-refractivity contribution in [3.8, 4) is 0 Å². The van der Waals surface area contributed by atoms with Crippen molar-refractivity contribution in [3.63, 3.8) is 0 Å². The van der Waals surface area contributed by atoms with Crippen LogP contribution in [0.5, 0.6) is 0 Å². The minimum absolute atomic E-state index is 0.0821. The highest BCUT2D eigenvalue weighted by atomic mass is 16.6. The van der Waals surface area contributed by atoms with Crippen LogP contribution in [0.3, 0.4) is 0 Å². The van der Waals surface area contributed by atoms with Crippen LogP contribution in [-0.4, -0.2) is 29.2 Å². The van der Waals surface area contributed by atoms with Gasteiger partial charge >= 0.3 is 0 Å². The Labute approximate surface area is 97.8 Å². The maximum Gasteiger partial charge on any atom is 0.158 e. The highest BCUT2D eigenvalue weighted by Gasteiger charge is 2.51. The Balaban J connectivity index is 2.22. The third-order valence-corrected chi connectivity index (χ3v) is 4.86. The Morgan fingerprint density at radius 2 is 1.94 bits per heavy atom. The van der Waals surface area contributed by atoms with Gasteiger partial charge in [-0.1, -0.05) is 20.3 Å². The van der Waals surface area contributed by atoms with Gasteiger partial charge in [-0.15, -0.1) is 0 Å². The zero-order chi connectivity index (χ0) is 11.9. The van der Waals surface area contributed by atoms with Crippen LogP contribution in [0.2, 0.25) is 0 Å². The molecule has 0 radical (unpaired) electrons. The summed E-state index contributed by atoms with van der Waals surface area (Å²) in [4.78, 5) is 0. The molecule has 1 saturated heterocycles. The summed E-state index contributed by atoms with van der Waals surface area (Å²) in [7, 11) is 0. The molecule has 2 rings (SSSR count). The van der Waals surface area contributed by atoms with Crippen molar-refractivity contribution in [2.45, 2.75) is 46.0 Å².